The number of benzene rings is 2. The van der Waals surface area contributed by atoms with Crippen LogP contribution in [-0.2, 0) is 21.6 Å². The van der Waals surface area contributed by atoms with Crippen LogP contribution in [0.5, 0.6) is 5.75 Å². The Balaban J connectivity index is 1.65. The summed E-state index contributed by atoms with van der Waals surface area (Å²) in [6.45, 7) is -0.108. The Bertz CT molecular complexity index is 921. The van der Waals surface area contributed by atoms with Gasteiger partial charge in [-0.25, -0.2) is 4.39 Å². The monoisotopic (exact) mass is 406 g/mol. The third-order valence-corrected chi connectivity index (χ3v) is 5.06. The van der Waals surface area contributed by atoms with Gasteiger partial charge in [0.25, 0.3) is 0 Å². The first kappa shape index (κ1) is 20.1. The van der Waals surface area contributed by atoms with Crippen LogP contribution in [0.2, 0.25) is 5.02 Å². The maximum Gasteiger partial charge on any atom is 0.313 e. The molecule has 2 aromatic carbocycles. The van der Waals surface area contributed by atoms with Crippen LogP contribution >= 0.6 is 11.6 Å². The van der Waals surface area contributed by atoms with E-state index in [0.29, 0.717) is 17.7 Å². The summed E-state index contributed by atoms with van der Waals surface area (Å²) < 4.78 is 18.4. The predicted molar refractivity (Wildman–Crippen MR) is 103 cm³/mol. The van der Waals surface area contributed by atoms with Crippen molar-refractivity contribution >= 4 is 29.1 Å². The van der Waals surface area contributed by atoms with Crippen molar-refractivity contribution in [3.05, 3.63) is 58.4 Å². The van der Waals surface area contributed by atoms with Crippen LogP contribution in [0.1, 0.15) is 24.0 Å². The normalized spacial score (nSPS) is 18.1. The van der Waals surface area contributed by atoms with E-state index in [1.54, 1.807) is 19.2 Å². The van der Waals surface area contributed by atoms with Crippen molar-refractivity contribution in [1.29, 1.82) is 0 Å². The summed E-state index contributed by atoms with van der Waals surface area (Å²) in [6, 6.07) is 8.99. The highest BCUT2D eigenvalue weighted by Gasteiger charge is 2.35. The maximum atomic E-state index is 13.2. The van der Waals surface area contributed by atoms with E-state index in [9.17, 15) is 19.1 Å². The molecule has 3 N–H and O–H groups in total. The lowest BCUT2D eigenvalue weighted by Gasteiger charge is -2.34. The van der Waals surface area contributed by atoms with Crippen LogP contribution in [0.3, 0.4) is 0 Å². The molecule has 0 aliphatic heterocycles. The average Bonchev–Trinajstić information content (AvgIpc) is 2.68. The Morgan fingerprint density at radius 3 is 2.75 bits per heavy atom. The number of fused-ring (bicyclic) bond motifs is 1. The molecule has 0 spiro atoms. The number of aliphatic hydroxyl groups is 1. The summed E-state index contributed by atoms with van der Waals surface area (Å²) in [6.07, 6.45) is 2.00. The highest BCUT2D eigenvalue weighted by atomic mass is 35.5. The van der Waals surface area contributed by atoms with E-state index in [-0.39, 0.29) is 17.3 Å². The van der Waals surface area contributed by atoms with Gasteiger partial charge in [-0.3, -0.25) is 9.59 Å². The molecule has 1 atom stereocenters. The lowest BCUT2D eigenvalue weighted by molar-refractivity contribution is -0.137. The molecule has 0 saturated carbocycles. The fraction of sp³-hybridized carbons (Fsp3) is 0.300. The zero-order valence-electron chi connectivity index (χ0n) is 15.2. The molecule has 148 valence electrons. The topological polar surface area (TPSA) is 87.7 Å². The van der Waals surface area contributed by atoms with Crippen molar-refractivity contribution in [2.24, 2.45) is 0 Å². The number of aryl methyl sites for hydroxylation is 1. The average molecular weight is 407 g/mol. The number of anilines is 1. The zero-order chi connectivity index (χ0) is 20.3. The van der Waals surface area contributed by atoms with E-state index in [4.69, 9.17) is 16.3 Å². The van der Waals surface area contributed by atoms with Crippen molar-refractivity contribution in [1.82, 2.24) is 5.32 Å². The Hall–Kier alpha value is -2.64. The second-order valence-corrected chi connectivity index (χ2v) is 7.08. The van der Waals surface area contributed by atoms with Crippen LogP contribution in [-0.4, -0.2) is 30.6 Å². The highest BCUT2D eigenvalue weighted by Crippen LogP contribution is 2.36. The Kier molecular flexibility index (Phi) is 5.86. The van der Waals surface area contributed by atoms with Crippen molar-refractivity contribution in [2.75, 3.05) is 19.0 Å². The number of rotatable bonds is 4. The number of carbonyl (C=O) groups is 2. The Morgan fingerprint density at radius 2 is 2.04 bits per heavy atom. The fourth-order valence-corrected chi connectivity index (χ4v) is 3.50. The van der Waals surface area contributed by atoms with E-state index >= 15 is 0 Å². The summed E-state index contributed by atoms with van der Waals surface area (Å²) in [7, 11) is 1.57. The quantitative estimate of drug-likeness (QED) is 0.681. The van der Waals surface area contributed by atoms with E-state index in [0.717, 1.165) is 24.5 Å². The molecule has 3 rings (SSSR count). The van der Waals surface area contributed by atoms with Gasteiger partial charge < -0.3 is 20.5 Å². The molecular formula is C20H20ClFN2O4. The number of hydrogen-bond donors (Lipinski definition) is 3. The van der Waals surface area contributed by atoms with E-state index < -0.39 is 23.2 Å². The molecule has 1 aliphatic rings. The first-order valence-electron chi connectivity index (χ1n) is 8.76. The van der Waals surface area contributed by atoms with Gasteiger partial charge in [0.05, 0.1) is 18.7 Å². The molecule has 0 aromatic heterocycles. The van der Waals surface area contributed by atoms with Crippen LogP contribution in [0, 0.1) is 5.82 Å². The van der Waals surface area contributed by atoms with Gasteiger partial charge in [-0.05, 0) is 60.7 Å². The summed E-state index contributed by atoms with van der Waals surface area (Å²) in [5.41, 5.74) is 0.591. The van der Waals surface area contributed by atoms with E-state index in [2.05, 4.69) is 10.6 Å². The molecule has 0 heterocycles. The summed E-state index contributed by atoms with van der Waals surface area (Å²) in [4.78, 5) is 24.2. The van der Waals surface area contributed by atoms with Crippen LogP contribution in [0.15, 0.2) is 36.4 Å². The molecular weight excluding hydrogens is 387 g/mol. The lowest BCUT2D eigenvalue weighted by atomic mass is 9.79. The SMILES string of the molecule is COc1ccc2c(c1)CCCC2(O)CNC(=O)C(=O)Nc1ccc(F)c(Cl)c1. The highest BCUT2D eigenvalue weighted by molar-refractivity contribution is 6.39. The molecule has 2 aromatic rings. The number of ether oxygens (including phenoxy) is 1. The van der Waals surface area contributed by atoms with E-state index in [1.807, 2.05) is 6.07 Å². The van der Waals surface area contributed by atoms with Crippen molar-refractivity contribution in [3.63, 3.8) is 0 Å². The van der Waals surface area contributed by atoms with Crippen molar-refractivity contribution < 1.29 is 23.8 Å². The van der Waals surface area contributed by atoms with Crippen LogP contribution < -0.4 is 15.4 Å². The molecule has 1 aliphatic carbocycles. The lowest BCUT2D eigenvalue weighted by Crippen LogP contribution is -2.46. The van der Waals surface area contributed by atoms with Gasteiger partial charge in [0.2, 0.25) is 0 Å². The fourth-order valence-electron chi connectivity index (χ4n) is 3.32. The molecule has 8 heteroatoms. The number of amides is 2. The first-order chi connectivity index (χ1) is 13.3. The standard InChI is InChI=1S/C20H20ClFN2O4/c1-28-14-5-6-15-12(9-14)3-2-8-20(15,27)11-23-18(25)19(26)24-13-4-7-17(22)16(21)10-13/h4-7,9-10,27H,2-3,8,11H2,1H3,(H,23,25)(H,24,26). The number of carbonyl (C=O) groups excluding carboxylic acids is 2. The van der Waals surface area contributed by atoms with Crippen molar-refractivity contribution in [3.8, 4) is 5.75 Å². The summed E-state index contributed by atoms with van der Waals surface area (Å²) in [5, 5.41) is 15.7. The van der Waals surface area contributed by atoms with Gasteiger partial charge in [0.15, 0.2) is 0 Å². The minimum atomic E-state index is -1.27. The molecule has 2 amide bonds. The van der Waals surface area contributed by atoms with Gasteiger partial charge in [-0.1, -0.05) is 17.7 Å². The van der Waals surface area contributed by atoms with Crippen LogP contribution in [0.4, 0.5) is 10.1 Å². The number of nitrogens with one attached hydrogen (secondary N) is 2. The van der Waals surface area contributed by atoms with Crippen LogP contribution in [0.25, 0.3) is 0 Å². The molecule has 0 fully saturated rings. The molecule has 6 nitrogen and oxygen atoms in total. The molecule has 28 heavy (non-hydrogen) atoms. The predicted octanol–water partition coefficient (Wildman–Crippen LogP) is 2.77. The minimum Gasteiger partial charge on any atom is -0.497 e. The minimum absolute atomic E-state index is 0.108. The molecule has 0 bridgehead atoms. The molecule has 1 unspecified atom stereocenters. The smallest absolute Gasteiger partial charge is 0.313 e. The van der Waals surface area contributed by atoms with Crippen molar-refractivity contribution in [2.45, 2.75) is 24.9 Å². The van der Waals surface area contributed by atoms with Gasteiger partial charge >= 0.3 is 11.8 Å². The third kappa shape index (κ3) is 4.26. The van der Waals surface area contributed by atoms with Gasteiger partial charge in [0, 0.05) is 5.69 Å². The Labute approximate surface area is 166 Å². The number of hydrogen-bond acceptors (Lipinski definition) is 4. The third-order valence-electron chi connectivity index (χ3n) is 4.78. The first-order valence-corrected chi connectivity index (χ1v) is 9.14. The van der Waals surface area contributed by atoms with Gasteiger partial charge in [-0.2, -0.15) is 0 Å². The second-order valence-electron chi connectivity index (χ2n) is 6.67. The Morgan fingerprint density at radius 1 is 1.25 bits per heavy atom. The van der Waals surface area contributed by atoms with E-state index in [1.165, 1.54) is 12.1 Å². The summed E-state index contributed by atoms with van der Waals surface area (Å²) >= 11 is 5.66. The molecule has 0 saturated heterocycles. The number of halogens is 2. The van der Waals surface area contributed by atoms with Gasteiger partial charge in [0.1, 0.15) is 17.2 Å². The zero-order valence-corrected chi connectivity index (χ0v) is 16.0. The second kappa shape index (κ2) is 8.16. The van der Waals surface area contributed by atoms with Gasteiger partial charge in [-0.15, -0.1) is 0 Å². The number of methoxy groups -OCH3 is 1. The maximum absolute atomic E-state index is 13.2. The summed E-state index contributed by atoms with van der Waals surface area (Å²) in [5.74, 6) is -1.77. The molecule has 0 radical (unpaired) electrons. The largest absolute Gasteiger partial charge is 0.497 e.